The monoisotopic (exact) mass is 319 g/mol. The molecule has 0 fully saturated rings. The van der Waals surface area contributed by atoms with Gasteiger partial charge in [0.05, 0.1) is 11.4 Å². The van der Waals surface area contributed by atoms with Crippen molar-refractivity contribution in [2.75, 3.05) is 5.32 Å². The first kappa shape index (κ1) is 14.4. The highest BCUT2D eigenvalue weighted by Crippen LogP contribution is 2.27. The second-order valence-corrected chi connectivity index (χ2v) is 5.68. The maximum Gasteiger partial charge on any atom is 0.200 e. The normalized spacial score (nSPS) is 12.4. The Morgan fingerprint density at radius 2 is 2.00 bits per heavy atom. The van der Waals surface area contributed by atoms with Crippen LogP contribution in [0.25, 0.3) is 5.65 Å². The predicted octanol–water partition coefficient (Wildman–Crippen LogP) is 2.37. The zero-order valence-electron chi connectivity index (χ0n) is 13.5. The van der Waals surface area contributed by atoms with Crippen LogP contribution in [0.3, 0.4) is 0 Å². The van der Waals surface area contributed by atoms with E-state index in [0.29, 0.717) is 5.65 Å². The Morgan fingerprint density at radius 1 is 1.17 bits per heavy atom. The molecule has 7 nitrogen and oxygen atoms in total. The summed E-state index contributed by atoms with van der Waals surface area (Å²) in [5.41, 5.74) is 3.57. The van der Waals surface area contributed by atoms with Crippen LogP contribution in [-0.2, 0) is 7.05 Å². The summed E-state index contributed by atoms with van der Waals surface area (Å²) in [5.74, 6) is 0.924. The van der Waals surface area contributed by atoms with Gasteiger partial charge in [0.1, 0.15) is 18.2 Å². The number of nitrogens with one attached hydrogen (secondary N) is 1. The van der Waals surface area contributed by atoms with Crippen molar-refractivity contribution < 1.29 is 0 Å². The lowest BCUT2D eigenvalue weighted by molar-refractivity contribution is 0.747. The Balaban J connectivity index is 1.82. The first-order valence-corrected chi connectivity index (χ1v) is 7.69. The van der Waals surface area contributed by atoms with Crippen molar-refractivity contribution in [2.45, 2.75) is 13.0 Å². The highest BCUT2D eigenvalue weighted by Gasteiger charge is 2.20. The van der Waals surface area contributed by atoms with E-state index in [4.69, 9.17) is 0 Å². The Morgan fingerprint density at radius 3 is 2.75 bits per heavy atom. The number of hydrogen-bond acceptors (Lipinski definition) is 5. The van der Waals surface area contributed by atoms with Crippen molar-refractivity contribution in [2.24, 2.45) is 7.05 Å². The molecule has 0 aliphatic carbocycles. The van der Waals surface area contributed by atoms with Crippen LogP contribution in [0.4, 0.5) is 5.69 Å². The molecule has 7 heteroatoms. The lowest BCUT2D eigenvalue weighted by Gasteiger charge is -2.20. The van der Waals surface area contributed by atoms with Gasteiger partial charge in [0.25, 0.3) is 0 Å². The summed E-state index contributed by atoms with van der Waals surface area (Å²) >= 11 is 0. The van der Waals surface area contributed by atoms with Gasteiger partial charge in [0.15, 0.2) is 0 Å². The minimum absolute atomic E-state index is 0.103. The van der Waals surface area contributed by atoms with Crippen LogP contribution in [0.2, 0.25) is 0 Å². The van der Waals surface area contributed by atoms with Crippen molar-refractivity contribution in [3.05, 3.63) is 72.2 Å². The van der Waals surface area contributed by atoms with Gasteiger partial charge in [0.2, 0.25) is 5.65 Å². The van der Waals surface area contributed by atoms with E-state index in [-0.39, 0.29) is 6.04 Å². The van der Waals surface area contributed by atoms with Crippen molar-refractivity contribution >= 4 is 11.3 Å². The van der Waals surface area contributed by atoms with Crippen LogP contribution < -0.4 is 5.32 Å². The van der Waals surface area contributed by atoms with Crippen LogP contribution in [0.1, 0.15) is 23.1 Å². The molecule has 0 bridgehead atoms. The van der Waals surface area contributed by atoms with Crippen LogP contribution in [0.5, 0.6) is 0 Å². The lowest BCUT2D eigenvalue weighted by atomic mass is 10.1. The third-order valence-corrected chi connectivity index (χ3v) is 3.94. The smallest absolute Gasteiger partial charge is 0.200 e. The fraction of sp³-hybridized carbons (Fsp3) is 0.176. The molecule has 120 valence electrons. The average molecular weight is 319 g/mol. The van der Waals surface area contributed by atoms with Gasteiger partial charge in [0, 0.05) is 19.4 Å². The Labute approximate surface area is 139 Å². The largest absolute Gasteiger partial charge is 0.368 e. The maximum absolute atomic E-state index is 4.52. The summed E-state index contributed by atoms with van der Waals surface area (Å²) in [6.07, 6.45) is 5.35. The SMILES string of the molecule is Cc1cc(NC(c2ccccc2)c2nccn2C)c2nncn2n1. The molecule has 24 heavy (non-hydrogen) atoms. The summed E-state index contributed by atoms with van der Waals surface area (Å²) in [7, 11) is 1.99. The van der Waals surface area contributed by atoms with E-state index < -0.39 is 0 Å². The summed E-state index contributed by atoms with van der Waals surface area (Å²) in [6, 6.07) is 12.1. The lowest BCUT2D eigenvalue weighted by Crippen LogP contribution is -2.17. The van der Waals surface area contributed by atoms with Gasteiger partial charge in [-0.05, 0) is 18.6 Å². The van der Waals surface area contributed by atoms with Crippen molar-refractivity contribution in [3.63, 3.8) is 0 Å². The molecule has 0 saturated heterocycles. The second kappa shape index (κ2) is 5.77. The zero-order chi connectivity index (χ0) is 16.5. The molecule has 3 aromatic heterocycles. The van der Waals surface area contributed by atoms with E-state index in [0.717, 1.165) is 22.8 Å². The first-order valence-electron chi connectivity index (χ1n) is 7.69. The summed E-state index contributed by atoms with van der Waals surface area (Å²) in [5, 5.41) is 16.1. The van der Waals surface area contributed by atoms with E-state index in [9.17, 15) is 0 Å². The number of benzene rings is 1. The third kappa shape index (κ3) is 2.50. The highest BCUT2D eigenvalue weighted by atomic mass is 15.3. The number of anilines is 1. The molecule has 0 aliphatic rings. The predicted molar refractivity (Wildman–Crippen MR) is 90.6 cm³/mol. The van der Waals surface area contributed by atoms with Crippen LogP contribution in [0, 0.1) is 6.92 Å². The first-order chi connectivity index (χ1) is 11.7. The number of rotatable bonds is 4. The Hall–Kier alpha value is -3.22. The van der Waals surface area contributed by atoms with E-state index in [1.807, 2.05) is 49.0 Å². The quantitative estimate of drug-likeness (QED) is 0.625. The molecule has 0 saturated carbocycles. The molecule has 1 unspecified atom stereocenters. The van der Waals surface area contributed by atoms with Gasteiger partial charge >= 0.3 is 0 Å². The third-order valence-electron chi connectivity index (χ3n) is 3.94. The number of fused-ring (bicyclic) bond motifs is 1. The van der Waals surface area contributed by atoms with E-state index in [1.165, 1.54) is 0 Å². The fourth-order valence-corrected chi connectivity index (χ4v) is 2.81. The molecule has 4 aromatic rings. The van der Waals surface area contributed by atoms with Gasteiger partial charge in [-0.25, -0.2) is 4.98 Å². The Kier molecular flexibility index (Phi) is 3.45. The number of hydrogen-bond donors (Lipinski definition) is 1. The molecule has 1 atom stereocenters. The molecular formula is C17H17N7. The Bertz CT molecular complexity index is 971. The molecule has 4 rings (SSSR count). The van der Waals surface area contributed by atoms with E-state index >= 15 is 0 Å². The van der Waals surface area contributed by atoms with Crippen molar-refractivity contribution in [1.82, 2.24) is 29.4 Å². The number of nitrogens with zero attached hydrogens (tertiary/aromatic N) is 6. The molecule has 0 spiro atoms. The molecule has 0 radical (unpaired) electrons. The highest BCUT2D eigenvalue weighted by molar-refractivity contribution is 5.67. The fourth-order valence-electron chi connectivity index (χ4n) is 2.81. The maximum atomic E-state index is 4.52. The summed E-state index contributed by atoms with van der Waals surface area (Å²) < 4.78 is 3.69. The van der Waals surface area contributed by atoms with Crippen LogP contribution in [0.15, 0.2) is 55.1 Å². The molecule has 0 amide bonds. The van der Waals surface area contributed by atoms with Crippen molar-refractivity contribution in [3.8, 4) is 0 Å². The van der Waals surface area contributed by atoms with Gasteiger partial charge in [-0.1, -0.05) is 30.3 Å². The minimum atomic E-state index is -0.103. The average Bonchev–Trinajstić information content (AvgIpc) is 3.22. The molecule has 1 N–H and O–H groups in total. The summed E-state index contributed by atoms with van der Waals surface area (Å²) in [6.45, 7) is 1.95. The van der Waals surface area contributed by atoms with Gasteiger partial charge in [-0.2, -0.15) is 9.61 Å². The van der Waals surface area contributed by atoms with Gasteiger partial charge in [-0.3, -0.25) is 0 Å². The molecule has 1 aromatic carbocycles. The minimum Gasteiger partial charge on any atom is -0.368 e. The van der Waals surface area contributed by atoms with Gasteiger partial charge in [-0.15, -0.1) is 10.2 Å². The molecule has 0 aliphatic heterocycles. The van der Waals surface area contributed by atoms with E-state index in [2.05, 4.69) is 37.7 Å². The van der Waals surface area contributed by atoms with Crippen LogP contribution in [-0.4, -0.2) is 29.4 Å². The molecular weight excluding hydrogens is 302 g/mol. The van der Waals surface area contributed by atoms with E-state index in [1.54, 1.807) is 17.0 Å². The van der Waals surface area contributed by atoms with Gasteiger partial charge < -0.3 is 9.88 Å². The number of imidazole rings is 1. The number of aromatic nitrogens is 6. The zero-order valence-corrected chi connectivity index (χ0v) is 13.5. The number of aryl methyl sites for hydroxylation is 2. The van der Waals surface area contributed by atoms with Crippen molar-refractivity contribution in [1.29, 1.82) is 0 Å². The van der Waals surface area contributed by atoms with Crippen LogP contribution >= 0.6 is 0 Å². The topological polar surface area (TPSA) is 72.9 Å². The standard InChI is InChI=1S/C17H17N7/c1-12-10-14(16-21-19-11-24(16)22-12)20-15(13-6-4-3-5-7-13)17-18-8-9-23(17)2/h3-11,15,20H,1-2H3. The molecule has 3 heterocycles. The second-order valence-electron chi connectivity index (χ2n) is 5.68. The summed E-state index contributed by atoms with van der Waals surface area (Å²) in [4.78, 5) is 4.52.